The molecule has 20 heavy (non-hydrogen) atoms. The number of aryl methyl sites for hydroxylation is 1. The van der Waals surface area contributed by atoms with Crippen LogP contribution in [0.15, 0.2) is 24.3 Å². The zero-order valence-electron chi connectivity index (χ0n) is 12.0. The molecule has 0 aliphatic carbocycles. The molecule has 1 aromatic heterocycles. The fraction of sp³-hybridized carbons (Fsp3) is 0.333. The maximum Gasteiger partial charge on any atom is 0.146 e. The number of hydrogen-bond donors (Lipinski definition) is 1. The number of anilines is 2. The summed E-state index contributed by atoms with van der Waals surface area (Å²) in [4.78, 5) is 8.59. The first-order chi connectivity index (χ1) is 9.25. The van der Waals surface area contributed by atoms with Crippen molar-refractivity contribution in [3.8, 4) is 0 Å². The summed E-state index contributed by atoms with van der Waals surface area (Å²) in [7, 11) is 0. The van der Waals surface area contributed by atoms with Crippen molar-refractivity contribution < 1.29 is 4.39 Å². The second kappa shape index (κ2) is 5.37. The zero-order chi connectivity index (χ0) is 14.9. The number of nitrogens with one attached hydrogen (secondary N) is 1. The second-order valence-corrected chi connectivity index (χ2v) is 6.15. The molecular weight excluding hydrogens is 277 g/mol. The molecule has 0 aliphatic heterocycles. The Balaban J connectivity index is 2.36. The van der Waals surface area contributed by atoms with E-state index < -0.39 is 0 Å². The lowest BCUT2D eigenvalue weighted by molar-refractivity contribution is 0.546. The van der Waals surface area contributed by atoms with Crippen molar-refractivity contribution in [3.63, 3.8) is 0 Å². The molecule has 1 N–H and O–H groups in total. The first kappa shape index (κ1) is 14.7. The Morgan fingerprint density at radius 3 is 2.45 bits per heavy atom. The molecule has 0 radical (unpaired) electrons. The molecule has 0 amide bonds. The lowest BCUT2D eigenvalue weighted by atomic mass is 9.96. The molecule has 0 atom stereocenters. The molecule has 0 unspecified atom stereocenters. The summed E-state index contributed by atoms with van der Waals surface area (Å²) in [5.41, 5.74) is 1.00. The maximum absolute atomic E-state index is 13.8. The van der Waals surface area contributed by atoms with Gasteiger partial charge in [-0.05, 0) is 24.6 Å². The average molecular weight is 294 g/mol. The molecule has 0 bridgehead atoms. The van der Waals surface area contributed by atoms with Gasteiger partial charge in [0.05, 0.1) is 5.69 Å². The third-order valence-electron chi connectivity index (χ3n) is 2.75. The van der Waals surface area contributed by atoms with E-state index in [9.17, 15) is 4.39 Å². The molecule has 106 valence electrons. The summed E-state index contributed by atoms with van der Waals surface area (Å²) in [5.74, 6) is 0.773. The van der Waals surface area contributed by atoms with Gasteiger partial charge in [0.25, 0.3) is 0 Å². The second-order valence-electron chi connectivity index (χ2n) is 5.76. The summed E-state index contributed by atoms with van der Waals surface area (Å²) in [6.45, 7) is 7.82. The van der Waals surface area contributed by atoms with Gasteiger partial charge < -0.3 is 5.32 Å². The van der Waals surface area contributed by atoms with Crippen LogP contribution in [0.25, 0.3) is 0 Å². The summed E-state index contributed by atoms with van der Waals surface area (Å²) >= 11 is 6.00. The SMILES string of the molecule is Cc1ccc(Nc2cc(Cl)nc(C(C)(C)C)n2)c(F)c1. The number of rotatable bonds is 2. The van der Waals surface area contributed by atoms with E-state index in [2.05, 4.69) is 15.3 Å². The zero-order valence-corrected chi connectivity index (χ0v) is 12.7. The molecule has 0 saturated heterocycles. The quantitative estimate of drug-likeness (QED) is 0.821. The molecule has 0 aliphatic rings. The molecule has 0 saturated carbocycles. The third-order valence-corrected chi connectivity index (χ3v) is 2.95. The van der Waals surface area contributed by atoms with Crippen LogP contribution >= 0.6 is 11.6 Å². The van der Waals surface area contributed by atoms with Gasteiger partial charge >= 0.3 is 0 Å². The van der Waals surface area contributed by atoms with E-state index >= 15 is 0 Å². The van der Waals surface area contributed by atoms with Gasteiger partial charge in [-0.3, -0.25) is 0 Å². The maximum atomic E-state index is 13.8. The number of nitrogens with zero attached hydrogens (tertiary/aromatic N) is 2. The third kappa shape index (κ3) is 3.45. The average Bonchev–Trinajstić information content (AvgIpc) is 2.31. The molecular formula is C15H17ClFN3. The van der Waals surface area contributed by atoms with Crippen molar-refractivity contribution >= 4 is 23.1 Å². The van der Waals surface area contributed by atoms with Gasteiger partial charge in [-0.1, -0.05) is 38.4 Å². The predicted octanol–water partition coefficient (Wildman–Crippen LogP) is 4.62. The molecule has 2 aromatic rings. The smallest absolute Gasteiger partial charge is 0.146 e. The van der Waals surface area contributed by atoms with Gasteiger partial charge in [-0.2, -0.15) is 0 Å². The van der Waals surface area contributed by atoms with E-state index in [0.717, 1.165) is 5.56 Å². The Morgan fingerprint density at radius 2 is 1.85 bits per heavy atom. The van der Waals surface area contributed by atoms with E-state index in [1.54, 1.807) is 12.1 Å². The topological polar surface area (TPSA) is 37.8 Å². The first-order valence-corrected chi connectivity index (χ1v) is 6.72. The normalized spacial score (nSPS) is 11.5. The van der Waals surface area contributed by atoms with Crippen molar-refractivity contribution in [2.45, 2.75) is 33.1 Å². The Labute approximate surface area is 123 Å². The fourth-order valence-corrected chi connectivity index (χ4v) is 1.86. The van der Waals surface area contributed by atoms with Crippen LogP contribution in [0.3, 0.4) is 0 Å². The van der Waals surface area contributed by atoms with E-state index in [0.29, 0.717) is 22.5 Å². The summed E-state index contributed by atoms with van der Waals surface area (Å²) in [6, 6.07) is 6.56. The Hall–Kier alpha value is -1.68. The number of hydrogen-bond acceptors (Lipinski definition) is 3. The van der Waals surface area contributed by atoms with Gasteiger partial charge in [-0.25, -0.2) is 14.4 Å². The van der Waals surface area contributed by atoms with Crippen LogP contribution in [-0.4, -0.2) is 9.97 Å². The fourth-order valence-electron chi connectivity index (χ4n) is 1.68. The molecule has 0 spiro atoms. The van der Waals surface area contributed by atoms with Crippen LogP contribution in [0.5, 0.6) is 0 Å². The molecule has 3 nitrogen and oxygen atoms in total. The monoisotopic (exact) mass is 293 g/mol. The highest BCUT2D eigenvalue weighted by Gasteiger charge is 2.19. The number of aromatic nitrogens is 2. The van der Waals surface area contributed by atoms with E-state index in [1.165, 1.54) is 6.07 Å². The number of benzene rings is 1. The van der Waals surface area contributed by atoms with E-state index in [1.807, 2.05) is 33.8 Å². The standard InChI is InChI=1S/C15H17ClFN3/c1-9-5-6-11(10(17)7-9)18-13-8-12(16)19-14(20-13)15(2,3)4/h5-8H,1-4H3,(H,18,19,20). The Morgan fingerprint density at radius 1 is 1.15 bits per heavy atom. The highest BCUT2D eigenvalue weighted by atomic mass is 35.5. The van der Waals surface area contributed by atoms with Gasteiger partial charge in [-0.15, -0.1) is 0 Å². The minimum Gasteiger partial charge on any atom is -0.338 e. The molecule has 5 heteroatoms. The van der Waals surface area contributed by atoms with Gasteiger partial charge in [0, 0.05) is 11.5 Å². The summed E-state index contributed by atoms with van der Waals surface area (Å²) in [5, 5.41) is 3.28. The van der Waals surface area contributed by atoms with Crippen molar-refractivity contribution in [2.75, 3.05) is 5.32 Å². The van der Waals surface area contributed by atoms with Crippen LogP contribution < -0.4 is 5.32 Å². The van der Waals surface area contributed by atoms with Gasteiger partial charge in [0.2, 0.25) is 0 Å². The molecule has 1 heterocycles. The highest BCUT2D eigenvalue weighted by Crippen LogP contribution is 2.25. The summed E-state index contributed by atoms with van der Waals surface area (Å²) in [6.07, 6.45) is 0. The predicted molar refractivity (Wildman–Crippen MR) is 80.2 cm³/mol. The van der Waals surface area contributed by atoms with Crippen molar-refractivity contribution in [2.24, 2.45) is 0 Å². The Kier molecular flexibility index (Phi) is 3.95. The number of halogens is 2. The van der Waals surface area contributed by atoms with Crippen LogP contribution in [0.2, 0.25) is 5.15 Å². The largest absolute Gasteiger partial charge is 0.338 e. The highest BCUT2D eigenvalue weighted by molar-refractivity contribution is 6.29. The van der Waals surface area contributed by atoms with Crippen LogP contribution in [-0.2, 0) is 5.41 Å². The molecule has 1 aromatic carbocycles. The summed E-state index contributed by atoms with van der Waals surface area (Å²) < 4.78 is 13.8. The van der Waals surface area contributed by atoms with Crippen LogP contribution in [0.1, 0.15) is 32.2 Å². The Bertz CT molecular complexity index is 636. The van der Waals surface area contributed by atoms with E-state index in [-0.39, 0.29) is 11.2 Å². The van der Waals surface area contributed by atoms with E-state index in [4.69, 9.17) is 11.6 Å². The minimum atomic E-state index is -0.322. The van der Waals surface area contributed by atoms with Gasteiger partial charge in [0.15, 0.2) is 0 Å². The lowest BCUT2D eigenvalue weighted by Gasteiger charge is -2.18. The molecule has 0 fully saturated rings. The molecule has 2 rings (SSSR count). The van der Waals surface area contributed by atoms with Crippen molar-refractivity contribution in [1.29, 1.82) is 0 Å². The lowest BCUT2D eigenvalue weighted by Crippen LogP contribution is -2.16. The van der Waals surface area contributed by atoms with Crippen molar-refractivity contribution in [3.05, 3.63) is 46.6 Å². The van der Waals surface area contributed by atoms with Crippen molar-refractivity contribution in [1.82, 2.24) is 9.97 Å². The van der Waals surface area contributed by atoms with Crippen LogP contribution in [0, 0.1) is 12.7 Å². The van der Waals surface area contributed by atoms with Crippen LogP contribution in [0.4, 0.5) is 15.9 Å². The van der Waals surface area contributed by atoms with Gasteiger partial charge in [0.1, 0.15) is 22.6 Å². The minimum absolute atomic E-state index is 0.229. The first-order valence-electron chi connectivity index (χ1n) is 6.34.